The van der Waals surface area contributed by atoms with Gasteiger partial charge in [-0.3, -0.25) is 14.6 Å². The topological polar surface area (TPSA) is 81.2 Å². The van der Waals surface area contributed by atoms with Crippen LogP contribution in [0.4, 0.5) is 0 Å². The summed E-state index contributed by atoms with van der Waals surface area (Å²) in [6.07, 6.45) is 1.64. The van der Waals surface area contributed by atoms with Gasteiger partial charge in [0.2, 0.25) is 5.91 Å². The summed E-state index contributed by atoms with van der Waals surface area (Å²) >= 11 is 0. The molecular formula is C19H27N3O4S. The zero-order valence-electron chi connectivity index (χ0n) is 15.8. The average molecular weight is 394 g/mol. The van der Waals surface area contributed by atoms with Crippen molar-refractivity contribution in [2.75, 3.05) is 39.0 Å². The molecule has 4 rings (SSSR count). The minimum Gasteiger partial charge on any atom is -0.392 e. The second-order valence-electron chi connectivity index (χ2n) is 8.38. The first-order valence-corrected chi connectivity index (χ1v) is 11.3. The van der Waals surface area contributed by atoms with Crippen molar-refractivity contribution in [1.82, 2.24) is 14.7 Å². The number of carbonyl (C=O) groups is 1. The molecule has 7 nitrogen and oxygen atoms in total. The van der Waals surface area contributed by atoms with Crippen LogP contribution in [0.5, 0.6) is 0 Å². The number of amides is 1. The molecule has 0 unspecified atom stereocenters. The molecule has 8 heteroatoms. The molecule has 27 heavy (non-hydrogen) atoms. The van der Waals surface area contributed by atoms with Crippen molar-refractivity contribution in [3.05, 3.63) is 29.8 Å². The third kappa shape index (κ3) is 3.51. The molecule has 3 aliphatic heterocycles. The van der Waals surface area contributed by atoms with Crippen LogP contribution in [-0.2, 0) is 21.2 Å². The summed E-state index contributed by atoms with van der Waals surface area (Å²) in [5, 5.41) is 10.1. The van der Waals surface area contributed by atoms with Crippen molar-refractivity contribution in [1.29, 1.82) is 0 Å². The van der Waals surface area contributed by atoms with Crippen molar-refractivity contribution < 1.29 is 18.3 Å². The van der Waals surface area contributed by atoms with Gasteiger partial charge in [-0.2, -0.15) is 0 Å². The van der Waals surface area contributed by atoms with E-state index in [4.69, 9.17) is 0 Å². The molecule has 1 aromatic carbocycles. The summed E-state index contributed by atoms with van der Waals surface area (Å²) in [5.41, 5.74) is 1.01. The Morgan fingerprint density at radius 3 is 2.44 bits per heavy atom. The molecule has 3 fully saturated rings. The summed E-state index contributed by atoms with van der Waals surface area (Å²) in [6, 6.07) is 7.30. The fourth-order valence-electron chi connectivity index (χ4n) is 4.93. The monoisotopic (exact) mass is 393 g/mol. The summed E-state index contributed by atoms with van der Waals surface area (Å²) < 4.78 is 23.2. The van der Waals surface area contributed by atoms with Crippen molar-refractivity contribution in [3.63, 3.8) is 0 Å². The Labute approximate surface area is 160 Å². The van der Waals surface area contributed by atoms with E-state index in [1.54, 1.807) is 19.1 Å². The lowest BCUT2D eigenvalue weighted by atomic mass is 9.83. The molecule has 1 N–H and O–H groups in total. The van der Waals surface area contributed by atoms with E-state index in [0.717, 1.165) is 38.2 Å². The first-order chi connectivity index (χ1) is 12.7. The lowest BCUT2D eigenvalue weighted by Gasteiger charge is -2.61. The van der Waals surface area contributed by atoms with Gasteiger partial charge in [0.1, 0.15) is 0 Å². The van der Waals surface area contributed by atoms with Crippen LogP contribution in [-0.4, -0.2) is 90.8 Å². The van der Waals surface area contributed by atoms with Gasteiger partial charge in [-0.05, 0) is 24.1 Å². The van der Waals surface area contributed by atoms with E-state index in [9.17, 15) is 18.3 Å². The van der Waals surface area contributed by atoms with Gasteiger partial charge in [0.15, 0.2) is 9.84 Å². The van der Waals surface area contributed by atoms with Crippen molar-refractivity contribution in [3.8, 4) is 0 Å². The van der Waals surface area contributed by atoms with Crippen LogP contribution in [0.25, 0.3) is 0 Å². The quantitative estimate of drug-likeness (QED) is 0.775. The van der Waals surface area contributed by atoms with E-state index >= 15 is 0 Å². The van der Waals surface area contributed by atoms with Crippen molar-refractivity contribution in [2.24, 2.45) is 0 Å². The third-order valence-corrected chi connectivity index (χ3v) is 7.29. The number of hydrogen-bond donors (Lipinski definition) is 1. The lowest BCUT2D eigenvalue weighted by molar-refractivity contribution is -0.149. The highest BCUT2D eigenvalue weighted by atomic mass is 32.2. The van der Waals surface area contributed by atoms with Crippen LogP contribution in [0.2, 0.25) is 0 Å². The number of sulfone groups is 1. The number of benzene rings is 1. The highest BCUT2D eigenvalue weighted by Crippen LogP contribution is 2.39. The zero-order valence-corrected chi connectivity index (χ0v) is 16.7. The number of rotatable bonds is 3. The molecular weight excluding hydrogens is 366 g/mol. The number of aliphatic hydroxyl groups is 1. The first-order valence-electron chi connectivity index (χ1n) is 9.38. The van der Waals surface area contributed by atoms with E-state index in [1.165, 1.54) is 6.26 Å². The minimum atomic E-state index is -3.17. The standard InChI is InChI=1S/C19H27N3O4S/c1-14(23)21-9-16-7-17(24)10-22(16)19(13-21)11-20(12-19)8-15-3-5-18(6-4-15)27(2,25)26/h3-6,16-17,24H,7-13H2,1-2H3/t16-,17+/m0/s1. The maximum Gasteiger partial charge on any atom is 0.219 e. The normalized spacial score (nSPS) is 28.2. The predicted molar refractivity (Wildman–Crippen MR) is 101 cm³/mol. The van der Waals surface area contributed by atoms with Gasteiger partial charge in [-0.25, -0.2) is 8.42 Å². The molecule has 2 atom stereocenters. The molecule has 1 amide bonds. The fourth-order valence-corrected chi connectivity index (χ4v) is 5.56. The summed E-state index contributed by atoms with van der Waals surface area (Å²) in [5.74, 6) is 0.102. The Kier molecular flexibility index (Phi) is 4.57. The third-order valence-electron chi connectivity index (χ3n) is 6.16. The van der Waals surface area contributed by atoms with E-state index in [1.807, 2.05) is 17.0 Å². The number of hydrogen-bond acceptors (Lipinski definition) is 6. The Balaban J connectivity index is 1.44. The fraction of sp³-hybridized carbons (Fsp3) is 0.632. The number of aliphatic hydroxyl groups excluding tert-OH is 1. The summed E-state index contributed by atoms with van der Waals surface area (Å²) in [7, 11) is -3.17. The molecule has 3 aliphatic rings. The van der Waals surface area contributed by atoms with Crippen LogP contribution >= 0.6 is 0 Å². The molecule has 1 aromatic rings. The number of piperazine rings is 1. The number of likely N-dealkylation sites (tertiary alicyclic amines) is 1. The van der Waals surface area contributed by atoms with E-state index in [0.29, 0.717) is 18.0 Å². The van der Waals surface area contributed by atoms with Crippen LogP contribution in [0, 0.1) is 0 Å². The largest absolute Gasteiger partial charge is 0.392 e. The molecule has 148 valence electrons. The molecule has 0 radical (unpaired) electrons. The van der Waals surface area contributed by atoms with Gasteiger partial charge in [-0.1, -0.05) is 12.1 Å². The molecule has 0 aromatic heterocycles. The Bertz CT molecular complexity index is 833. The Morgan fingerprint density at radius 1 is 1.19 bits per heavy atom. The second kappa shape index (κ2) is 6.55. The highest BCUT2D eigenvalue weighted by molar-refractivity contribution is 7.90. The maximum absolute atomic E-state index is 12.0. The molecule has 0 saturated carbocycles. The van der Waals surface area contributed by atoms with Gasteiger partial charge < -0.3 is 10.0 Å². The second-order valence-corrected chi connectivity index (χ2v) is 10.4. The van der Waals surface area contributed by atoms with Gasteiger partial charge in [0.05, 0.1) is 16.5 Å². The number of nitrogens with zero attached hydrogens (tertiary/aromatic N) is 3. The van der Waals surface area contributed by atoms with Crippen molar-refractivity contribution in [2.45, 2.75) is 42.5 Å². The summed E-state index contributed by atoms with van der Waals surface area (Å²) in [6.45, 7) is 6.20. The SMILES string of the molecule is CC(=O)N1C[C@@H]2C[C@@H](O)CN2C2(CN(Cc3ccc(S(C)(=O)=O)cc3)C2)C1. The summed E-state index contributed by atoms with van der Waals surface area (Å²) in [4.78, 5) is 19.0. The molecule has 3 heterocycles. The van der Waals surface area contributed by atoms with Crippen LogP contribution in [0.3, 0.4) is 0 Å². The smallest absolute Gasteiger partial charge is 0.219 e. The van der Waals surface area contributed by atoms with Gasteiger partial charge >= 0.3 is 0 Å². The van der Waals surface area contributed by atoms with Crippen LogP contribution < -0.4 is 0 Å². The van der Waals surface area contributed by atoms with E-state index < -0.39 is 9.84 Å². The molecule has 0 bridgehead atoms. The number of β-amino-alcohol motifs (C(OH)–C–C–N with tert-alkyl or cyclic N) is 1. The first kappa shape index (κ1) is 18.9. The number of fused-ring (bicyclic) bond motifs is 2. The number of carbonyl (C=O) groups excluding carboxylic acids is 1. The molecule has 3 saturated heterocycles. The van der Waals surface area contributed by atoms with Crippen LogP contribution in [0.15, 0.2) is 29.2 Å². The van der Waals surface area contributed by atoms with E-state index in [2.05, 4.69) is 9.80 Å². The Hall–Kier alpha value is -1.48. The minimum absolute atomic E-state index is 0.0707. The van der Waals surface area contributed by atoms with Gasteiger partial charge in [-0.15, -0.1) is 0 Å². The van der Waals surface area contributed by atoms with Gasteiger partial charge in [0.25, 0.3) is 0 Å². The predicted octanol–water partition coefficient (Wildman–Crippen LogP) is -0.0582. The average Bonchev–Trinajstić information content (AvgIpc) is 2.93. The molecule has 0 aliphatic carbocycles. The molecule has 1 spiro atoms. The lowest BCUT2D eigenvalue weighted by Crippen LogP contribution is -2.78. The zero-order chi connectivity index (χ0) is 19.4. The maximum atomic E-state index is 12.0. The van der Waals surface area contributed by atoms with E-state index in [-0.39, 0.29) is 23.6 Å². The van der Waals surface area contributed by atoms with Crippen molar-refractivity contribution >= 4 is 15.7 Å². The highest BCUT2D eigenvalue weighted by Gasteiger charge is 2.56. The van der Waals surface area contributed by atoms with Crippen LogP contribution in [0.1, 0.15) is 18.9 Å². The Morgan fingerprint density at radius 2 is 1.85 bits per heavy atom. The van der Waals surface area contributed by atoms with Gasteiger partial charge in [0, 0.05) is 58.5 Å².